The van der Waals surface area contributed by atoms with Crippen molar-refractivity contribution in [1.29, 1.82) is 0 Å². The Balaban J connectivity index is 1.31. The number of amides is 3. The molecule has 3 aromatic carbocycles. The lowest BCUT2D eigenvalue weighted by Gasteiger charge is -2.17. The van der Waals surface area contributed by atoms with E-state index < -0.39 is 15.9 Å². The summed E-state index contributed by atoms with van der Waals surface area (Å²) in [5.74, 6) is -1.23. The topological polar surface area (TPSA) is 125 Å². The minimum atomic E-state index is -3.68. The van der Waals surface area contributed by atoms with Crippen molar-refractivity contribution in [1.82, 2.24) is 4.72 Å². The van der Waals surface area contributed by atoms with E-state index in [9.17, 15) is 22.8 Å². The number of nitrogens with one attached hydrogen (secondary N) is 3. The van der Waals surface area contributed by atoms with E-state index in [2.05, 4.69) is 15.4 Å². The summed E-state index contributed by atoms with van der Waals surface area (Å²) in [6.45, 7) is 1.91. The Morgan fingerprint density at radius 1 is 0.892 bits per heavy atom. The summed E-state index contributed by atoms with van der Waals surface area (Å²) in [6, 6.07) is 22.3. The Morgan fingerprint density at radius 2 is 1.51 bits per heavy atom. The van der Waals surface area contributed by atoms with Crippen molar-refractivity contribution < 1.29 is 22.8 Å². The van der Waals surface area contributed by atoms with Crippen LogP contribution in [0, 0.1) is 5.92 Å². The van der Waals surface area contributed by atoms with E-state index in [4.69, 9.17) is 0 Å². The molecule has 1 aliphatic rings. The molecular formula is C27H28N4O5S. The third kappa shape index (κ3) is 6.81. The van der Waals surface area contributed by atoms with Crippen LogP contribution in [0.5, 0.6) is 0 Å². The second-order valence-electron chi connectivity index (χ2n) is 8.78. The zero-order chi connectivity index (χ0) is 26.4. The molecule has 3 N–H and O–H groups in total. The van der Waals surface area contributed by atoms with Gasteiger partial charge in [-0.3, -0.25) is 14.4 Å². The van der Waals surface area contributed by atoms with Crippen LogP contribution in [0.3, 0.4) is 0 Å². The van der Waals surface area contributed by atoms with Crippen molar-refractivity contribution in [2.24, 2.45) is 5.92 Å². The third-order valence-electron chi connectivity index (χ3n) is 5.98. The Labute approximate surface area is 215 Å². The molecule has 0 saturated carbocycles. The minimum Gasteiger partial charge on any atom is -0.326 e. The van der Waals surface area contributed by atoms with Crippen LogP contribution in [0.2, 0.25) is 0 Å². The van der Waals surface area contributed by atoms with Crippen molar-refractivity contribution >= 4 is 44.8 Å². The van der Waals surface area contributed by atoms with E-state index in [0.717, 1.165) is 5.56 Å². The number of carbonyl (C=O) groups excluding carboxylic acids is 3. The fourth-order valence-corrected chi connectivity index (χ4v) is 5.11. The molecule has 3 aromatic rings. The van der Waals surface area contributed by atoms with Crippen LogP contribution in [0.15, 0.2) is 83.8 Å². The zero-order valence-corrected chi connectivity index (χ0v) is 21.1. The number of hydrogen-bond acceptors (Lipinski definition) is 5. The van der Waals surface area contributed by atoms with Crippen molar-refractivity contribution in [3.05, 3.63) is 84.4 Å². The Kier molecular flexibility index (Phi) is 8.00. The van der Waals surface area contributed by atoms with E-state index in [1.54, 1.807) is 29.2 Å². The first-order valence-corrected chi connectivity index (χ1v) is 13.3. The Morgan fingerprint density at radius 3 is 2.16 bits per heavy atom. The standard InChI is InChI=1S/C27H28N4O5S/c1-19(32)29-22-7-11-24(12-8-22)31-18-21(17-26(31)33)27(34)30-23-9-13-25(14-10-23)37(35,36)28-16-15-20-5-3-2-4-6-20/h2-14,21,28H,15-18H2,1H3,(H,29,32)(H,30,34). The van der Waals surface area contributed by atoms with E-state index in [0.29, 0.717) is 23.5 Å². The maximum absolute atomic E-state index is 12.8. The van der Waals surface area contributed by atoms with E-state index in [1.165, 1.54) is 31.2 Å². The molecule has 9 nitrogen and oxygen atoms in total. The van der Waals surface area contributed by atoms with Gasteiger partial charge in [0.05, 0.1) is 10.8 Å². The second-order valence-corrected chi connectivity index (χ2v) is 10.5. The second kappa shape index (κ2) is 11.4. The summed E-state index contributed by atoms with van der Waals surface area (Å²) in [5.41, 5.74) is 2.74. The summed E-state index contributed by atoms with van der Waals surface area (Å²) in [4.78, 5) is 38.2. The van der Waals surface area contributed by atoms with Gasteiger partial charge < -0.3 is 15.5 Å². The van der Waals surface area contributed by atoms with Gasteiger partial charge in [-0.2, -0.15) is 0 Å². The van der Waals surface area contributed by atoms with Crippen molar-refractivity contribution in [3.63, 3.8) is 0 Å². The average Bonchev–Trinajstić information content (AvgIpc) is 3.27. The molecule has 0 bridgehead atoms. The first-order valence-electron chi connectivity index (χ1n) is 11.8. The lowest BCUT2D eigenvalue weighted by atomic mass is 10.1. The summed E-state index contributed by atoms with van der Waals surface area (Å²) < 4.78 is 27.8. The minimum absolute atomic E-state index is 0.0665. The molecule has 0 spiro atoms. The fraction of sp³-hybridized carbons (Fsp3) is 0.222. The maximum Gasteiger partial charge on any atom is 0.240 e. The van der Waals surface area contributed by atoms with Gasteiger partial charge in [-0.05, 0) is 60.5 Å². The molecule has 1 unspecified atom stereocenters. The summed E-state index contributed by atoms with van der Waals surface area (Å²) in [7, 11) is -3.68. The number of rotatable bonds is 9. The molecule has 0 radical (unpaired) electrons. The van der Waals surface area contributed by atoms with Crippen LogP contribution in [0.4, 0.5) is 17.1 Å². The van der Waals surface area contributed by atoms with Gasteiger partial charge in [0, 0.05) is 43.5 Å². The molecule has 3 amide bonds. The van der Waals surface area contributed by atoms with Crippen LogP contribution >= 0.6 is 0 Å². The average molecular weight is 521 g/mol. The van der Waals surface area contributed by atoms with Crippen LogP contribution in [-0.4, -0.2) is 39.2 Å². The van der Waals surface area contributed by atoms with Crippen LogP contribution < -0.4 is 20.3 Å². The molecule has 0 aromatic heterocycles. The highest BCUT2D eigenvalue weighted by molar-refractivity contribution is 7.89. The predicted octanol–water partition coefficient (Wildman–Crippen LogP) is 3.16. The lowest BCUT2D eigenvalue weighted by Crippen LogP contribution is -2.28. The molecule has 0 aliphatic carbocycles. The molecule has 37 heavy (non-hydrogen) atoms. The maximum atomic E-state index is 12.8. The SMILES string of the molecule is CC(=O)Nc1ccc(N2CC(C(=O)Nc3ccc(S(=O)(=O)NCCc4ccccc4)cc3)CC2=O)cc1. The monoisotopic (exact) mass is 520 g/mol. The van der Waals surface area contributed by atoms with Gasteiger partial charge in [-0.1, -0.05) is 30.3 Å². The first kappa shape index (κ1) is 26.1. The molecule has 1 atom stereocenters. The highest BCUT2D eigenvalue weighted by Gasteiger charge is 2.35. The van der Waals surface area contributed by atoms with Gasteiger partial charge >= 0.3 is 0 Å². The van der Waals surface area contributed by atoms with E-state index in [-0.39, 0.29) is 42.1 Å². The summed E-state index contributed by atoms with van der Waals surface area (Å²) in [5, 5.41) is 5.44. The van der Waals surface area contributed by atoms with Gasteiger partial charge in [0.15, 0.2) is 0 Å². The Bertz CT molecular complexity index is 1370. The van der Waals surface area contributed by atoms with Gasteiger partial charge in [0.25, 0.3) is 0 Å². The highest BCUT2D eigenvalue weighted by Crippen LogP contribution is 2.27. The molecule has 1 aliphatic heterocycles. The van der Waals surface area contributed by atoms with Crippen LogP contribution in [0.1, 0.15) is 18.9 Å². The number of hydrogen-bond donors (Lipinski definition) is 3. The lowest BCUT2D eigenvalue weighted by molar-refractivity contribution is -0.122. The fourth-order valence-electron chi connectivity index (χ4n) is 4.08. The zero-order valence-electron chi connectivity index (χ0n) is 20.3. The largest absolute Gasteiger partial charge is 0.326 e. The third-order valence-corrected chi connectivity index (χ3v) is 7.45. The van der Waals surface area contributed by atoms with Gasteiger partial charge in [-0.15, -0.1) is 0 Å². The number of benzene rings is 3. The number of sulfonamides is 1. The van der Waals surface area contributed by atoms with E-state index in [1.807, 2.05) is 30.3 Å². The summed E-state index contributed by atoms with van der Waals surface area (Å²) in [6.07, 6.45) is 0.641. The van der Waals surface area contributed by atoms with Gasteiger partial charge in [-0.25, -0.2) is 13.1 Å². The predicted molar refractivity (Wildman–Crippen MR) is 142 cm³/mol. The smallest absolute Gasteiger partial charge is 0.240 e. The Hall–Kier alpha value is -4.02. The van der Waals surface area contributed by atoms with Crippen molar-refractivity contribution in [3.8, 4) is 0 Å². The number of anilines is 3. The van der Waals surface area contributed by atoms with Gasteiger partial charge in [0.1, 0.15) is 0 Å². The van der Waals surface area contributed by atoms with E-state index >= 15 is 0 Å². The number of nitrogens with zero attached hydrogens (tertiary/aromatic N) is 1. The van der Waals surface area contributed by atoms with Crippen LogP contribution in [0.25, 0.3) is 0 Å². The summed E-state index contributed by atoms with van der Waals surface area (Å²) >= 11 is 0. The normalized spacial score (nSPS) is 15.4. The number of carbonyl (C=O) groups is 3. The molecule has 192 valence electrons. The molecule has 1 saturated heterocycles. The van der Waals surface area contributed by atoms with Crippen molar-refractivity contribution in [2.45, 2.75) is 24.7 Å². The molecule has 4 rings (SSSR count). The molecule has 1 heterocycles. The van der Waals surface area contributed by atoms with Crippen LogP contribution in [-0.2, 0) is 30.8 Å². The highest BCUT2D eigenvalue weighted by atomic mass is 32.2. The first-order chi connectivity index (χ1) is 17.7. The molecule has 10 heteroatoms. The van der Waals surface area contributed by atoms with Gasteiger partial charge in [0.2, 0.25) is 27.7 Å². The van der Waals surface area contributed by atoms with Crippen molar-refractivity contribution in [2.75, 3.05) is 28.6 Å². The molecule has 1 fully saturated rings. The molecular weight excluding hydrogens is 492 g/mol. The quantitative estimate of drug-likeness (QED) is 0.400.